The van der Waals surface area contributed by atoms with Gasteiger partial charge in [0.05, 0.1) is 12.2 Å². The molecule has 2 heteroatoms. The van der Waals surface area contributed by atoms with Crippen LogP contribution in [-0.4, -0.2) is 22.4 Å². The van der Waals surface area contributed by atoms with Crippen LogP contribution in [0.2, 0.25) is 0 Å². The van der Waals surface area contributed by atoms with Gasteiger partial charge in [-0.25, -0.2) is 0 Å². The van der Waals surface area contributed by atoms with Gasteiger partial charge in [0.2, 0.25) is 0 Å². The SMILES string of the molecule is CCCCCCCCCCCCCCC(O)CCCCCCC(O)CCCCCCC. The van der Waals surface area contributed by atoms with Crippen LogP contribution in [0.5, 0.6) is 0 Å². The first-order valence-electron chi connectivity index (χ1n) is 14.6. The van der Waals surface area contributed by atoms with Gasteiger partial charge in [-0.05, 0) is 25.7 Å². The Bertz CT molecular complexity index is 318. The third-order valence-corrected chi connectivity index (χ3v) is 6.86. The van der Waals surface area contributed by atoms with E-state index in [0.717, 1.165) is 38.5 Å². The molecule has 0 aromatic carbocycles. The fourth-order valence-electron chi connectivity index (χ4n) is 4.61. The smallest absolute Gasteiger partial charge is 0.0540 e. The van der Waals surface area contributed by atoms with Gasteiger partial charge in [0.15, 0.2) is 0 Å². The molecule has 0 aliphatic rings. The van der Waals surface area contributed by atoms with Crippen molar-refractivity contribution in [2.24, 2.45) is 0 Å². The normalized spacial score (nSPS) is 13.5. The molecule has 0 aromatic heterocycles. The van der Waals surface area contributed by atoms with Crippen molar-refractivity contribution >= 4 is 0 Å². The molecule has 31 heavy (non-hydrogen) atoms. The predicted octanol–water partition coefficient (Wildman–Crippen LogP) is 9.50. The molecule has 2 unspecified atom stereocenters. The Hall–Kier alpha value is -0.0800. The van der Waals surface area contributed by atoms with Crippen LogP contribution in [0.3, 0.4) is 0 Å². The topological polar surface area (TPSA) is 40.5 Å². The number of aliphatic hydroxyl groups excluding tert-OH is 2. The summed E-state index contributed by atoms with van der Waals surface area (Å²) in [4.78, 5) is 0. The van der Waals surface area contributed by atoms with Crippen molar-refractivity contribution in [3.63, 3.8) is 0 Å². The summed E-state index contributed by atoms with van der Waals surface area (Å²) in [7, 11) is 0. The van der Waals surface area contributed by atoms with Gasteiger partial charge in [0.25, 0.3) is 0 Å². The molecule has 0 amide bonds. The van der Waals surface area contributed by atoms with Gasteiger partial charge in [-0.3, -0.25) is 0 Å². The fourth-order valence-corrected chi connectivity index (χ4v) is 4.61. The highest BCUT2D eigenvalue weighted by Gasteiger charge is 2.06. The molecule has 2 atom stereocenters. The molecule has 0 heterocycles. The van der Waals surface area contributed by atoms with Gasteiger partial charge in [0, 0.05) is 0 Å². The van der Waals surface area contributed by atoms with E-state index in [1.807, 2.05) is 0 Å². The van der Waals surface area contributed by atoms with E-state index in [-0.39, 0.29) is 12.2 Å². The minimum absolute atomic E-state index is 0.0852. The summed E-state index contributed by atoms with van der Waals surface area (Å²) in [6, 6.07) is 0. The van der Waals surface area contributed by atoms with E-state index in [4.69, 9.17) is 0 Å². The van der Waals surface area contributed by atoms with Crippen LogP contribution in [0.4, 0.5) is 0 Å². The van der Waals surface area contributed by atoms with Crippen molar-refractivity contribution in [2.75, 3.05) is 0 Å². The van der Waals surface area contributed by atoms with Crippen LogP contribution < -0.4 is 0 Å². The maximum atomic E-state index is 10.2. The summed E-state index contributed by atoms with van der Waals surface area (Å²) < 4.78 is 0. The maximum absolute atomic E-state index is 10.2. The van der Waals surface area contributed by atoms with Crippen LogP contribution in [0, 0.1) is 0 Å². The van der Waals surface area contributed by atoms with Gasteiger partial charge >= 0.3 is 0 Å². The lowest BCUT2D eigenvalue weighted by molar-refractivity contribution is 0.142. The summed E-state index contributed by atoms with van der Waals surface area (Å²) in [5, 5.41) is 20.2. The third-order valence-electron chi connectivity index (χ3n) is 6.86. The zero-order chi connectivity index (χ0) is 22.8. The van der Waals surface area contributed by atoms with E-state index in [1.54, 1.807) is 0 Å². The number of aliphatic hydroxyl groups is 2. The van der Waals surface area contributed by atoms with Gasteiger partial charge < -0.3 is 10.2 Å². The average molecular weight is 441 g/mol. The molecule has 0 spiro atoms. The summed E-state index contributed by atoms with van der Waals surface area (Å²) in [6.45, 7) is 4.53. The fraction of sp³-hybridized carbons (Fsp3) is 1.00. The van der Waals surface area contributed by atoms with Crippen molar-refractivity contribution < 1.29 is 10.2 Å². The highest BCUT2D eigenvalue weighted by atomic mass is 16.3. The first-order chi connectivity index (χ1) is 15.2. The second kappa shape index (κ2) is 26.2. The summed E-state index contributed by atoms with van der Waals surface area (Å²) in [6.07, 6.45) is 31.4. The Balaban J connectivity index is 3.23. The first kappa shape index (κ1) is 30.9. The summed E-state index contributed by atoms with van der Waals surface area (Å²) >= 11 is 0. The minimum Gasteiger partial charge on any atom is -0.393 e. The monoisotopic (exact) mass is 440 g/mol. The Morgan fingerprint density at radius 2 is 0.516 bits per heavy atom. The van der Waals surface area contributed by atoms with E-state index in [0.29, 0.717) is 0 Å². The van der Waals surface area contributed by atoms with Gasteiger partial charge in [0.1, 0.15) is 0 Å². The average Bonchev–Trinajstić information content (AvgIpc) is 2.76. The minimum atomic E-state index is -0.0863. The van der Waals surface area contributed by atoms with E-state index in [2.05, 4.69) is 13.8 Å². The molecule has 2 nitrogen and oxygen atoms in total. The lowest BCUT2D eigenvalue weighted by Crippen LogP contribution is -2.07. The predicted molar refractivity (Wildman–Crippen MR) is 139 cm³/mol. The second-order valence-corrected chi connectivity index (χ2v) is 10.2. The number of unbranched alkanes of at least 4 members (excludes halogenated alkanes) is 18. The second-order valence-electron chi connectivity index (χ2n) is 10.2. The molecule has 0 bridgehead atoms. The molecule has 0 rings (SSSR count). The quantitative estimate of drug-likeness (QED) is 0.131. The third kappa shape index (κ3) is 26.1. The highest BCUT2D eigenvalue weighted by molar-refractivity contribution is 4.60. The largest absolute Gasteiger partial charge is 0.393 e. The lowest BCUT2D eigenvalue weighted by atomic mass is 10.0. The molecule has 0 aliphatic heterocycles. The maximum Gasteiger partial charge on any atom is 0.0540 e. The molecule has 0 saturated heterocycles. The molecule has 2 N–H and O–H groups in total. The Kier molecular flexibility index (Phi) is 26.1. The highest BCUT2D eigenvalue weighted by Crippen LogP contribution is 2.16. The zero-order valence-corrected chi connectivity index (χ0v) is 21.7. The molecular weight excluding hydrogens is 380 g/mol. The van der Waals surface area contributed by atoms with E-state index in [1.165, 1.54) is 122 Å². The van der Waals surface area contributed by atoms with Crippen molar-refractivity contribution in [3.05, 3.63) is 0 Å². The number of hydrogen-bond donors (Lipinski definition) is 2. The van der Waals surface area contributed by atoms with Crippen LogP contribution >= 0.6 is 0 Å². The van der Waals surface area contributed by atoms with Crippen molar-refractivity contribution in [1.82, 2.24) is 0 Å². The van der Waals surface area contributed by atoms with Gasteiger partial charge in [-0.1, -0.05) is 149 Å². The van der Waals surface area contributed by atoms with Crippen molar-refractivity contribution in [1.29, 1.82) is 0 Å². The molecule has 0 aliphatic carbocycles. The summed E-state index contributed by atoms with van der Waals surface area (Å²) in [5.41, 5.74) is 0. The number of rotatable bonds is 26. The van der Waals surface area contributed by atoms with Crippen LogP contribution in [0.15, 0.2) is 0 Å². The Labute approximate surface area is 197 Å². The van der Waals surface area contributed by atoms with Crippen molar-refractivity contribution in [2.45, 2.75) is 187 Å². The molecule has 0 fully saturated rings. The van der Waals surface area contributed by atoms with E-state index in [9.17, 15) is 10.2 Å². The number of hydrogen-bond acceptors (Lipinski definition) is 2. The van der Waals surface area contributed by atoms with Crippen LogP contribution in [-0.2, 0) is 0 Å². The van der Waals surface area contributed by atoms with E-state index < -0.39 is 0 Å². The molecular formula is C29H60O2. The standard InChI is InChI=1S/C29H60O2/c1-3-5-7-9-10-11-12-13-14-15-17-21-25-29(31)27-23-19-18-22-26-28(30)24-20-16-8-6-4-2/h28-31H,3-27H2,1-2H3. The van der Waals surface area contributed by atoms with Crippen LogP contribution in [0.25, 0.3) is 0 Å². The van der Waals surface area contributed by atoms with E-state index >= 15 is 0 Å². The first-order valence-corrected chi connectivity index (χ1v) is 14.6. The zero-order valence-electron chi connectivity index (χ0n) is 21.7. The van der Waals surface area contributed by atoms with Gasteiger partial charge in [-0.2, -0.15) is 0 Å². The molecule has 0 radical (unpaired) electrons. The lowest BCUT2D eigenvalue weighted by Gasteiger charge is -2.12. The summed E-state index contributed by atoms with van der Waals surface area (Å²) in [5.74, 6) is 0. The molecule has 188 valence electrons. The molecule has 0 saturated carbocycles. The molecule has 0 aromatic rings. The Morgan fingerprint density at radius 1 is 0.323 bits per heavy atom. The Morgan fingerprint density at radius 3 is 0.742 bits per heavy atom. The van der Waals surface area contributed by atoms with Crippen molar-refractivity contribution in [3.8, 4) is 0 Å². The van der Waals surface area contributed by atoms with Gasteiger partial charge in [-0.15, -0.1) is 0 Å². The van der Waals surface area contributed by atoms with Crippen LogP contribution in [0.1, 0.15) is 174 Å².